The van der Waals surface area contributed by atoms with Gasteiger partial charge in [-0.2, -0.15) is 0 Å². The molecule has 0 aliphatic carbocycles. The third-order valence-corrected chi connectivity index (χ3v) is 3.24. The molecule has 1 aliphatic heterocycles. The van der Waals surface area contributed by atoms with E-state index >= 15 is 0 Å². The van der Waals surface area contributed by atoms with E-state index in [-0.39, 0.29) is 22.7 Å². The highest BCUT2D eigenvalue weighted by molar-refractivity contribution is 5.79. The topological polar surface area (TPSA) is 29.1 Å². The van der Waals surface area contributed by atoms with Gasteiger partial charge in [0.1, 0.15) is 0 Å². The predicted molar refractivity (Wildman–Crippen MR) is 54.4 cm³/mol. The summed E-state index contributed by atoms with van der Waals surface area (Å²) in [7, 11) is 0. The van der Waals surface area contributed by atoms with Crippen molar-refractivity contribution < 1.29 is 4.79 Å². The molecule has 1 aliphatic rings. The Morgan fingerprint density at radius 3 is 2.38 bits per heavy atom. The number of carbonyl (C=O) groups excluding carboxylic acids is 1. The van der Waals surface area contributed by atoms with Crippen LogP contribution in [-0.4, -0.2) is 12.5 Å². The third kappa shape index (κ3) is 2.23. The molecular formula is C11H21NO. The Labute approximate surface area is 81.1 Å². The Balaban J connectivity index is 2.90. The van der Waals surface area contributed by atoms with E-state index in [9.17, 15) is 4.79 Å². The summed E-state index contributed by atoms with van der Waals surface area (Å²) in [5.41, 5.74) is 0.341. The van der Waals surface area contributed by atoms with Crippen molar-refractivity contribution in [3.63, 3.8) is 0 Å². The lowest BCUT2D eigenvalue weighted by molar-refractivity contribution is -0.126. The minimum absolute atomic E-state index is 0.115. The van der Waals surface area contributed by atoms with E-state index < -0.39 is 0 Å². The SMILES string of the molecule is CC1C(=O)NCC(C)(C)CC1(C)C. The highest BCUT2D eigenvalue weighted by atomic mass is 16.1. The lowest BCUT2D eigenvalue weighted by atomic mass is 9.70. The maximum Gasteiger partial charge on any atom is 0.223 e. The zero-order valence-corrected chi connectivity index (χ0v) is 9.40. The molecule has 0 saturated carbocycles. The first-order chi connectivity index (χ1) is 5.75. The molecule has 1 rings (SSSR count). The largest absolute Gasteiger partial charge is 0.355 e. The fourth-order valence-electron chi connectivity index (χ4n) is 2.28. The van der Waals surface area contributed by atoms with E-state index in [0.29, 0.717) is 0 Å². The van der Waals surface area contributed by atoms with Crippen molar-refractivity contribution in [2.75, 3.05) is 6.54 Å². The van der Waals surface area contributed by atoms with Gasteiger partial charge in [0.15, 0.2) is 0 Å². The summed E-state index contributed by atoms with van der Waals surface area (Å²) in [6.45, 7) is 11.6. The average Bonchev–Trinajstić information content (AvgIpc) is 2.01. The van der Waals surface area contributed by atoms with Gasteiger partial charge in [-0.05, 0) is 17.3 Å². The number of carbonyl (C=O) groups is 1. The zero-order chi connectivity index (χ0) is 10.3. The van der Waals surface area contributed by atoms with Gasteiger partial charge < -0.3 is 5.32 Å². The molecule has 0 aromatic heterocycles. The molecule has 1 fully saturated rings. The van der Waals surface area contributed by atoms with Crippen LogP contribution in [0.4, 0.5) is 0 Å². The molecule has 0 bridgehead atoms. The van der Waals surface area contributed by atoms with Gasteiger partial charge >= 0.3 is 0 Å². The Morgan fingerprint density at radius 2 is 1.85 bits per heavy atom. The first-order valence-electron chi connectivity index (χ1n) is 5.02. The van der Waals surface area contributed by atoms with Crippen molar-refractivity contribution in [3.8, 4) is 0 Å². The Morgan fingerprint density at radius 1 is 1.31 bits per heavy atom. The second-order valence-corrected chi connectivity index (χ2v) is 5.77. The van der Waals surface area contributed by atoms with Crippen molar-refractivity contribution in [1.82, 2.24) is 5.32 Å². The summed E-state index contributed by atoms with van der Waals surface area (Å²) < 4.78 is 0. The fourth-order valence-corrected chi connectivity index (χ4v) is 2.28. The number of nitrogens with one attached hydrogen (secondary N) is 1. The van der Waals surface area contributed by atoms with E-state index in [0.717, 1.165) is 13.0 Å². The molecule has 2 heteroatoms. The van der Waals surface area contributed by atoms with Crippen LogP contribution in [0.1, 0.15) is 41.0 Å². The van der Waals surface area contributed by atoms with Crippen LogP contribution in [0.25, 0.3) is 0 Å². The van der Waals surface area contributed by atoms with Crippen LogP contribution in [0.5, 0.6) is 0 Å². The van der Waals surface area contributed by atoms with E-state index in [1.54, 1.807) is 0 Å². The first kappa shape index (κ1) is 10.6. The van der Waals surface area contributed by atoms with E-state index in [4.69, 9.17) is 0 Å². The van der Waals surface area contributed by atoms with Gasteiger partial charge in [0.2, 0.25) is 5.91 Å². The van der Waals surface area contributed by atoms with Crippen LogP contribution in [0, 0.1) is 16.7 Å². The van der Waals surface area contributed by atoms with Crippen LogP contribution >= 0.6 is 0 Å². The average molecular weight is 183 g/mol. The maximum atomic E-state index is 11.6. The number of hydrogen-bond donors (Lipinski definition) is 1. The van der Waals surface area contributed by atoms with Gasteiger partial charge in [0.25, 0.3) is 0 Å². The van der Waals surface area contributed by atoms with Gasteiger partial charge in [-0.15, -0.1) is 0 Å². The normalized spacial score (nSPS) is 32.1. The van der Waals surface area contributed by atoms with Gasteiger partial charge in [-0.3, -0.25) is 4.79 Å². The van der Waals surface area contributed by atoms with Crippen molar-refractivity contribution >= 4 is 5.91 Å². The molecule has 0 aromatic carbocycles. The van der Waals surface area contributed by atoms with Crippen LogP contribution in [0.15, 0.2) is 0 Å². The van der Waals surface area contributed by atoms with Crippen molar-refractivity contribution in [2.24, 2.45) is 16.7 Å². The summed E-state index contributed by atoms with van der Waals surface area (Å²) >= 11 is 0. The van der Waals surface area contributed by atoms with Crippen LogP contribution < -0.4 is 5.32 Å². The highest BCUT2D eigenvalue weighted by Crippen LogP contribution is 2.40. The fraction of sp³-hybridized carbons (Fsp3) is 0.909. The molecule has 1 N–H and O–H groups in total. The molecule has 1 amide bonds. The molecule has 1 unspecified atom stereocenters. The van der Waals surface area contributed by atoms with E-state index in [1.807, 2.05) is 6.92 Å². The molecule has 1 saturated heterocycles. The molecular weight excluding hydrogens is 162 g/mol. The Kier molecular flexibility index (Phi) is 2.44. The molecule has 1 heterocycles. The smallest absolute Gasteiger partial charge is 0.223 e. The zero-order valence-electron chi connectivity index (χ0n) is 9.40. The quantitative estimate of drug-likeness (QED) is 0.613. The van der Waals surface area contributed by atoms with Crippen molar-refractivity contribution in [2.45, 2.75) is 41.0 Å². The lowest BCUT2D eigenvalue weighted by Gasteiger charge is -2.33. The minimum atomic E-state index is 0.115. The minimum Gasteiger partial charge on any atom is -0.355 e. The number of amides is 1. The lowest BCUT2D eigenvalue weighted by Crippen LogP contribution is -2.34. The molecule has 1 atom stereocenters. The van der Waals surface area contributed by atoms with Gasteiger partial charge in [0.05, 0.1) is 0 Å². The highest BCUT2D eigenvalue weighted by Gasteiger charge is 2.39. The third-order valence-electron chi connectivity index (χ3n) is 3.24. The van der Waals surface area contributed by atoms with Gasteiger partial charge in [-0.1, -0.05) is 34.6 Å². The summed E-state index contributed by atoms with van der Waals surface area (Å²) in [6, 6.07) is 0. The molecule has 76 valence electrons. The Hall–Kier alpha value is -0.530. The molecule has 13 heavy (non-hydrogen) atoms. The number of hydrogen-bond acceptors (Lipinski definition) is 1. The van der Waals surface area contributed by atoms with Gasteiger partial charge in [-0.25, -0.2) is 0 Å². The van der Waals surface area contributed by atoms with Crippen LogP contribution in [0.3, 0.4) is 0 Å². The predicted octanol–water partition coefficient (Wildman–Crippen LogP) is 2.19. The van der Waals surface area contributed by atoms with Crippen molar-refractivity contribution in [1.29, 1.82) is 0 Å². The summed E-state index contributed by atoms with van der Waals surface area (Å²) in [5, 5.41) is 3.00. The summed E-state index contributed by atoms with van der Waals surface area (Å²) in [4.78, 5) is 11.6. The van der Waals surface area contributed by atoms with Crippen molar-refractivity contribution in [3.05, 3.63) is 0 Å². The molecule has 0 spiro atoms. The molecule has 2 nitrogen and oxygen atoms in total. The van der Waals surface area contributed by atoms with E-state index in [1.165, 1.54) is 0 Å². The first-order valence-corrected chi connectivity index (χ1v) is 5.02. The molecule has 0 radical (unpaired) electrons. The van der Waals surface area contributed by atoms with Crippen LogP contribution in [0.2, 0.25) is 0 Å². The summed E-state index contributed by atoms with van der Waals surface area (Å²) in [5.74, 6) is 0.324. The maximum absolute atomic E-state index is 11.6. The van der Waals surface area contributed by atoms with E-state index in [2.05, 4.69) is 33.0 Å². The molecule has 0 aromatic rings. The number of rotatable bonds is 0. The Bertz CT molecular complexity index is 218. The van der Waals surface area contributed by atoms with Gasteiger partial charge in [0, 0.05) is 12.5 Å². The van der Waals surface area contributed by atoms with Crippen LogP contribution in [-0.2, 0) is 4.79 Å². The second kappa shape index (κ2) is 3.00. The second-order valence-electron chi connectivity index (χ2n) is 5.77. The monoisotopic (exact) mass is 183 g/mol. The standard InChI is InChI=1S/C11H21NO/c1-8-9(13)12-7-10(2,3)6-11(8,4)5/h8H,6-7H2,1-5H3,(H,12,13). The summed E-state index contributed by atoms with van der Waals surface area (Å²) in [6.07, 6.45) is 1.10.